The molecule has 3 heterocycles. The van der Waals surface area contributed by atoms with E-state index in [2.05, 4.69) is 25.2 Å². The summed E-state index contributed by atoms with van der Waals surface area (Å²) in [4.78, 5) is 8.45. The Morgan fingerprint density at radius 3 is 2.56 bits per heavy atom. The van der Waals surface area contributed by atoms with Crippen LogP contribution in [0.15, 0.2) is 52.1 Å². The van der Waals surface area contributed by atoms with Gasteiger partial charge in [0.2, 0.25) is 0 Å². The fourth-order valence-electron chi connectivity index (χ4n) is 2.31. The number of pyridine rings is 2. The van der Waals surface area contributed by atoms with Crippen molar-refractivity contribution in [3.05, 3.63) is 59.9 Å². The van der Waals surface area contributed by atoms with Gasteiger partial charge in [-0.15, -0.1) is 0 Å². The molecule has 0 atom stereocenters. The zero-order valence-corrected chi connectivity index (χ0v) is 14.5. The lowest BCUT2D eigenvalue weighted by Gasteiger charge is -2.09. The molecule has 0 amide bonds. The lowest BCUT2D eigenvalue weighted by Crippen LogP contribution is -2.14. The number of aromatic nitrogens is 3. The third-order valence-corrected chi connectivity index (χ3v) is 5.05. The van der Waals surface area contributed by atoms with Crippen LogP contribution in [0.3, 0.4) is 0 Å². The van der Waals surface area contributed by atoms with Crippen molar-refractivity contribution in [1.82, 2.24) is 15.1 Å². The van der Waals surface area contributed by atoms with Crippen LogP contribution in [0.2, 0.25) is 0 Å². The molecule has 3 aromatic heterocycles. The second-order valence-electron chi connectivity index (χ2n) is 5.37. The van der Waals surface area contributed by atoms with Gasteiger partial charge in [-0.2, -0.15) is 0 Å². The minimum atomic E-state index is -3.78. The summed E-state index contributed by atoms with van der Waals surface area (Å²) in [6, 6.07) is 8.97. The molecule has 0 aromatic carbocycles. The number of aryl methyl sites for hydroxylation is 2. The lowest BCUT2D eigenvalue weighted by atomic mass is 10.3. The van der Waals surface area contributed by atoms with Crippen molar-refractivity contribution in [2.45, 2.75) is 25.3 Å². The second-order valence-corrected chi connectivity index (χ2v) is 6.98. The summed E-state index contributed by atoms with van der Waals surface area (Å²) in [5, 5.41) is 6.79. The van der Waals surface area contributed by atoms with Gasteiger partial charge in [0.05, 0.1) is 24.1 Å². The van der Waals surface area contributed by atoms with Crippen molar-refractivity contribution in [2.24, 2.45) is 0 Å². The highest BCUT2D eigenvalue weighted by Gasteiger charge is 2.24. The molecule has 25 heavy (non-hydrogen) atoms. The predicted octanol–water partition coefficient (Wildman–Crippen LogP) is 2.49. The van der Waals surface area contributed by atoms with E-state index in [-0.39, 0.29) is 10.7 Å². The van der Waals surface area contributed by atoms with Crippen LogP contribution in [0.25, 0.3) is 0 Å². The largest absolute Gasteiger partial charge is 0.364 e. The van der Waals surface area contributed by atoms with Gasteiger partial charge in [-0.1, -0.05) is 11.2 Å². The summed E-state index contributed by atoms with van der Waals surface area (Å²) in [5.41, 5.74) is 1.54. The Balaban J connectivity index is 1.68. The smallest absolute Gasteiger partial charge is 0.267 e. The van der Waals surface area contributed by atoms with Gasteiger partial charge in [-0.05, 0) is 38.1 Å². The third-order valence-electron chi connectivity index (χ3n) is 3.43. The first-order valence-corrected chi connectivity index (χ1v) is 8.99. The van der Waals surface area contributed by atoms with Crippen LogP contribution < -0.4 is 10.0 Å². The first kappa shape index (κ1) is 16.9. The van der Waals surface area contributed by atoms with Gasteiger partial charge in [0.15, 0.2) is 10.7 Å². The second kappa shape index (κ2) is 6.89. The average molecular weight is 359 g/mol. The van der Waals surface area contributed by atoms with Crippen molar-refractivity contribution in [2.75, 3.05) is 10.0 Å². The summed E-state index contributed by atoms with van der Waals surface area (Å²) < 4.78 is 32.3. The molecule has 3 aromatic rings. The van der Waals surface area contributed by atoms with Crippen LogP contribution in [-0.4, -0.2) is 23.5 Å². The van der Waals surface area contributed by atoms with E-state index >= 15 is 0 Å². The molecule has 0 bridgehead atoms. The van der Waals surface area contributed by atoms with Crippen molar-refractivity contribution >= 4 is 21.5 Å². The van der Waals surface area contributed by atoms with Crippen LogP contribution in [0.4, 0.5) is 11.5 Å². The van der Waals surface area contributed by atoms with E-state index < -0.39 is 10.0 Å². The molecule has 0 spiro atoms. The molecule has 0 aliphatic carbocycles. The molecule has 0 aliphatic heterocycles. The minimum absolute atomic E-state index is 0.0462. The van der Waals surface area contributed by atoms with E-state index in [1.165, 1.54) is 6.20 Å². The zero-order valence-electron chi connectivity index (χ0n) is 13.7. The monoisotopic (exact) mass is 359 g/mol. The molecule has 3 rings (SSSR count). The highest BCUT2D eigenvalue weighted by molar-refractivity contribution is 7.92. The van der Waals surface area contributed by atoms with E-state index in [9.17, 15) is 8.42 Å². The summed E-state index contributed by atoms with van der Waals surface area (Å²) >= 11 is 0. The maximum Gasteiger partial charge on any atom is 0.267 e. The molecular weight excluding hydrogens is 342 g/mol. The van der Waals surface area contributed by atoms with E-state index in [0.717, 1.165) is 5.69 Å². The molecule has 8 nitrogen and oxygen atoms in total. The van der Waals surface area contributed by atoms with E-state index in [0.29, 0.717) is 23.7 Å². The quantitative estimate of drug-likeness (QED) is 0.695. The molecule has 0 unspecified atom stereocenters. The standard InChI is InChI=1S/C16H17N5O3S/c1-11-16(12(2)24-20-11)25(22,23)21-14-6-7-15(19-10-14)18-9-13-5-3-4-8-17-13/h3-8,10,21H,9H2,1-2H3,(H,18,19). The Morgan fingerprint density at radius 1 is 1.12 bits per heavy atom. The number of hydrogen-bond acceptors (Lipinski definition) is 7. The van der Waals surface area contributed by atoms with Gasteiger partial charge < -0.3 is 9.84 Å². The first-order valence-electron chi connectivity index (χ1n) is 7.51. The number of sulfonamides is 1. The van der Waals surface area contributed by atoms with Crippen LogP contribution in [-0.2, 0) is 16.6 Å². The molecule has 0 radical (unpaired) electrons. The van der Waals surface area contributed by atoms with Gasteiger partial charge >= 0.3 is 0 Å². The van der Waals surface area contributed by atoms with Crippen LogP contribution in [0, 0.1) is 13.8 Å². The summed E-state index contributed by atoms with van der Waals surface area (Å²) in [7, 11) is -3.78. The Morgan fingerprint density at radius 2 is 1.96 bits per heavy atom. The highest BCUT2D eigenvalue weighted by atomic mass is 32.2. The molecular formula is C16H17N5O3S. The first-order chi connectivity index (χ1) is 12.0. The van der Waals surface area contributed by atoms with Gasteiger partial charge in [-0.3, -0.25) is 9.71 Å². The number of anilines is 2. The fourth-order valence-corrected chi connectivity index (χ4v) is 3.68. The van der Waals surface area contributed by atoms with Crippen molar-refractivity contribution in [1.29, 1.82) is 0 Å². The molecule has 2 N–H and O–H groups in total. The van der Waals surface area contributed by atoms with Crippen LogP contribution in [0.1, 0.15) is 17.1 Å². The topological polar surface area (TPSA) is 110 Å². The maximum absolute atomic E-state index is 12.4. The van der Waals surface area contributed by atoms with Crippen molar-refractivity contribution < 1.29 is 12.9 Å². The predicted molar refractivity (Wildman–Crippen MR) is 92.6 cm³/mol. The molecule has 0 saturated heterocycles. The Hall–Kier alpha value is -2.94. The van der Waals surface area contributed by atoms with Crippen LogP contribution in [0.5, 0.6) is 0 Å². The number of hydrogen-bond donors (Lipinski definition) is 2. The third kappa shape index (κ3) is 3.94. The Kier molecular flexibility index (Phi) is 4.66. The molecule has 0 saturated carbocycles. The lowest BCUT2D eigenvalue weighted by molar-refractivity contribution is 0.390. The summed E-state index contributed by atoms with van der Waals surface area (Å²) in [6.07, 6.45) is 3.16. The van der Waals surface area contributed by atoms with Gasteiger partial charge in [-0.25, -0.2) is 13.4 Å². The van der Waals surface area contributed by atoms with E-state index in [1.54, 1.807) is 32.2 Å². The van der Waals surface area contributed by atoms with Gasteiger partial charge in [0.25, 0.3) is 10.0 Å². The molecule has 0 fully saturated rings. The van der Waals surface area contributed by atoms with E-state index in [1.807, 2.05) is 18.2 Å². The summed E-state index contributed by atoms with van der Waals surface area (Å²) in [6.45, 7) is 3.66. The maximum atomic E-state index is 12.4. The number of nitrogens with zero attached hydrogens (tertiary/aromatic N) is 3. The Labute approximate surface area is 145 Å². The molecule has 130 valence electrons. The molecule has 0 aliphatic rings. The van der Waals surface area contributed by atoms with Gasteiger partial charge in [0, 0.05) is 6.20 Å². The Bertz CT molecular complexity index is 934. The number of rotatable bonds is 6. The average Bonchev–Trinajstić information content (AvgIpc) is 2.94. The fraction of sp³-hybridized carbons (Fsp3) is 0.188. The highest BCUT2D eigenvalue weighted by Crippen LogP contribution is 2.22. The summed E-state index contributed by atoms with van der Waals surface area (Å²) in [5.74, 6) is 0.859. The van der Waals surface area contributed by atoms with Crippen LogP contribution >= 0.6 is 0 Å². The van der Waals surface area contributed by atoms with E-state index in [4.69, 9.17) is 4.52 Å². The van der Waals surface area contributed by atoms with Crippen molar-refractivity contribution in [3.63, 3.8) is 0 Å². The minimum Gasteiger partial charge on any atom is -0.364 e. The van der Waals surface area contributed by atoms with Crippen molar-refractivity contribution in [3.8, 4) is 0 Å². The molecule has 9 heteroatoms. The SMILES string of the molecule is Cc1noc(C)c1S(=O)(=O)Nc1ccc(NCc2ccccn2)nc1. The normalized spacial score (nSPS) is 11.3. The number of nitrogens with one attached hydrogen (secondary N) is 2. The van der Waals surface area contributed by atoms with Gasteiger partial charge in [0.1, 0.15) is 11.5 Å². The zero-order chi connectivity index (χ0) is 17.9.